The maximum Gasteiger partial charge on any atom is 0.165 e. The molecule has 0 amide bonds. The topological polar surface area (TPSA) is 61.2 Å². The average molecular weight is 249 g/mol. The van der Waals surface area contributed by atoms with Crippen molar-refractivity contribution in [1.29, 1.82) is 5.41 Å². The van der Waals surface area contributed by atoms with Crippen molar-refractivity contribution in [2.45, 2.75) is 25.7 Å². The van der Waals surface area contributed by atoms with Crippen molar-refractivity contribution >= 4 is 22.6 Å². The SMILES string of the molecule is CC(=O)/C(C(=N)Sc1ccc(C)cc1)=C(/C)O. The van der Waals surface area contributed by atoms with E-state index in [0.29, 0.717) is 0 Å². The zero-order valence-electron chi connectivity index (χ0n) is 10.1. The second-order valence-corrected chi connectivity index (χ2v) is 4.84. The van der Waals surface area contributed by atoms with Crippen LogP contribution in [0.15, 0.2) is 40.5 Å². The van der Waals surface area contributed by atoms with Crippen molar-refractivity contribution < 1.29 is 9.90 Å². The van der Waals surface area contributed by atoms with Gasteiger partial charge in [0.05, 0.1) is 5.57 Å². The molecular formula is C13H15NO2S. The second-order valence-electron chi connectivity index (χ2n) is 3.76. The number of hydrogen-bond acceptors (Lipinski definition) is 4. The molecule has 17 heavy (non-hydrogen) atoms. The summed E-state index contributed by atoms with van der Waals surface area (Å²) < 4.78 is 0. The zero-order valence-corrected chi connectivity index (χ0v) is 10.9. The van der Waals surface area contributed by atoms with E-state index in [1.165, 1.54) is 13.8 Å². The van der Waals surface area contributed by atoms with Crippen LogP contribution in [0.25, 0.3) is 0 Å². The minimum Gasteiger partial charge on any atom is -0.512 e. The number of benzene rings is 1. The van der Waals surface area contributed by atoms with Crippen LogP contribution >= 0.6 is 11.8 Å². The molecule has 0 heterocycles. The first kappa shape index (κ1) is 13.5. The maximum atomic E-state index is 11.3. The lowest BCUT2D eigenvalue weighted by Gasteiger charge is -2.07. The van der Waals surface area contributed by atoms with Crippen LogP contribution in [-0.2, 0) is 4.79 Å². The van der Waals surface area contributed by atoms with Crippen LogP contribution in [0.1, 0.15) is 19.4 Å². The Balaban J connectivity index is 2.89. The highest BCUT2D eigenvalue weighted by Crippen LogP contribution is 2.24. The van der Waals surface area contributed by atoms with Gasteiger partial charge < -0.3 is 5.11 Å². The first-order chi connectivity index (χ1) is 7.91. The first-order valence-corrected chi connectivity index (χ1v) is 5.97. The first-order valence-electron chi connectivity index (χ1n) is 5.16. The summed E-state index contributed by atoms with van der Waals surface area (Å²) in [4.78, 5) is 12.2. The number of rotatable bonds is 3. The Bertz CT molecular complexity index is 471. The van der Waals surface area contributed by atoms with Gasteiger partial charge in [0.15, 0.2) is 5.78 Å². The van der Waals surface area contributed by atoms with E-state index in [4.69, 9.17) is 5.41 Å². The molecule has 4 heteroatoms. The molecular weight excluding hydrogens is 234 g/mol. The van der Waals surface area contributed by atoms with Gasteiger partial charge >= 0.3 is 0 Å². The molecule has 1 rings (SSSR count). The summed E-state index contributed by atoms with van der Waals surface area (Å²) in [7, 11) is 0. The number of carbonyl (C=O) groups is 1. The molecule has 1 aromatic rings. The Morgan fingerprint density at radius 3 is 2.18 bits per heavy atom. The van der Waals surface area contributed by atoms with Crippen molar-refractivity contribution in [3.05, 3.63) is 41.2 Å². The Morgan fingerprint density at radius 1 is 1.24 bits per heavy atom. The number of nitrogens with one attached hydrogen (secondary N) is 1. The standard InChI is InChI=1S/C13H15NO2S/c1-8-4-6-11(7-5-8)17-13(14)12(9(2)15)10(3)16/h4-7,14-15H,1-3H3/b12-9+,14-13?. The highest BCUT2D eigenvalue weighted by Gasteiger charge is 2.15. The number of carbonyl (C=O) groups excluding carboxylic acids is 1. The lowest BCUT2D eigenvalue weighted by atomic mass is 10.2. The van der Waals surface area contributed by atoms with Crippen LogP contribution in [0.3, 0.4) is 0 Å². The van der Waals surface area contributed by atoms with E-state index in [0.717, 1.165) is 22.2 Å². The Kier molecular flexibility index (Phi) is 4.52. The number of Topliss-reactive ketones (excluding diaryl/α,β-unsaturated/α-hetero) is 1. The summed E-state index contributed by atoms with van der Waals surface area (Å²) in [6.07, 6.45) is 0. The van der Waals surface area contributed by atoms with Crippen molar-refractivity contribution in [2.75, 3.05) is 0 Å². The fourth-order valence-electron chi connectivity index (χ4n) is 1.35. The Morgan fingerprint density at radius 2 is 1.76 bits per heavy atom. The van der Waals surface area contributed by atoms with Crippen molar-refractivity contribution in [1.82, 2.24) is 0 Å². The van der Waals surface area contributed by atoms with Crippen LogP contribution in [0.2, 0.25) is 0 Å². The molecule has 0 saturated carbocycles. The fourth-order valence-corrected chi connectivity index (χ4v) is 2.26. The molecule has 0 aromatic heterocycles. The predicted octanol–water partition coefficient (Wildman–Crippen LogP) is 3.49. The second kappa shape index (κ2) is 5.68. The van der Waals surface area contributed by atoms with Crippen molar-refractivity contribution in [3.8, 4) is 0 Å². The van der Waals surface area contributed by atoms with Gasteiger partial charge in [-0.05, 0) is 32.9 Å². The number of thioether (sulfide) groups is 1. The Hall–Kier alpha value is -1.55. The summed E-state index contributed by atoms with van der Waals surface area (Å²) in [5, 5.41) is 17.3. The third-order valence-electron chi connectivity index (χ3n) is 2.18. The number of aliphatic hydroxyl groups is 1. The van der Waals surface area contributed by atoms with Gasteiger partial charge in [0.25, 0.3) is 0 Å². The van der Waals surface area contributed by atoms with Gasteiger partial charge in [0.1, 0.15) is 10.8 Å². The van der Waals surface area contributed by atoms with Crippen LogP contribution in [0.5, 0.6) is 0 Å². The van der Waals surface area contributed by atoms with Crippen LogP contribution in [-0.4, -0.2) is 15.9 Å². The molecule has 0 aliphatic rings. The highest BCUT2D eigenvalue weighted by atomic mass is 32.2. The predicted molar refractivity (Wildman–Crippen MR) is 70.8 cm³/mol. The zero-order chi connectivity index (χ0) is 13.0. The van der Waals surface area contributed by atoms with Crippen LogP contribution in [0.4, 0.5) is 0 Å². The van der Waals surface area contributed by atoms with E-state index in [1.807, 2.05) is 31.2 Å². The monoisotopic (exact) mass is 249 g/mol. The summed E-state index contributed by atoms with van der Waals surface area (Å²) in [6.45, 7) is 4.75. The van der Waals surface area contributed by atoms with E-state index in [9.17, 15) is 9.90 Å². The third-order valence-corrected chi connectivity index (χ3v) is 3.10. The van der Waals surface area contributed by atoms with E-state index >= 15 is 0 Å². The van der Waals surface area contributed by atoms with E-state index in [1.54, 1.807) is 0 Å². The number of aryl methyl sites for hydroxylation is 1. The molecule has 0 aliphatic carbocycles. The third kappa shape index (κ3) is 3.75. The molecule has 0 saturated heterocycles. The van der Waals surface area contributed by atoms with Gasteiger partial charge in [-0.2, -0.15) is 0 Å². The maximum absolute atomic E-state index is 11.3. The van der Waals surface area contributed by atoms with E-state index in [-0.39, 0.29) is 22.2 Å². The molecule has 2 N–H and O–H groups in total. The molecule has 0 spiro atoms. The quantitative estimate of drug-likeness (QED) is 0.283. The highest BCUT2D eigenvalue weighted by molar-refractivity contribution is 8.14. The summed E-state index contributed by atoms with van der Waals surface area (Å²) in [6, 6.07) is 7.66. The van der Waals surface area contributed by atoms with Crippen molar-refractivity contribution in [2.24, 2.45) is 0 Å². The van der Waals surface area contributed by atoms with Gasteiger partial charge in [0, 0.05) is 4.90 Å². The fraction of sp³-hybridized carbons (Fsp3) is 0.231. The van der Waals surface area contributed by atoms with Gasteiger partial charge in [-0.25, -0.2) is 0 Å². The molecule has 1 aromatic carbocycles. The number of ketones is 1. The van der Waals surface area contributed by atoms with Crippen LogP contribution in [0, 0.1) is 12.3 Å². The molecule has 0 radical (unpaired) electrons. The van der Waals surface area contributed by atoms with E-state index < -0.39 is 0 Å². The molecule has 90 valence electrons. The van der Waals surface area contributed by atoms with Gasteiger partial charge in [0.2, 0.25) is 0 Å². The van der Waals surface area contributed by atoms with Gasteiger partial charge in [-0.3, -0.25) is 10.2 Å². The minimum atomic E-state index is -0.297. The Labute approximate surface area is 105 Å². The summed E-state index contributed by atoms with van der Waals surface area (Å²) in [5.41, 5.74) is 1.22. The lowest BCUT2D eigenvalue weighted by Crippen LogP contribution is -2.08. The van der Waals surface area contributed by atoms with Crippen LogP contribution < -0.4 is 0 Å². The largest absolute Gasteiger partial charge is 0.512 e. The lowest BCUT2D eigenvalue weighted by molar-refractivity contribution is -0.113. The summed E-state index contributed by atoms with van der Waals surface area (Å²) >= 11 is 1.16. The molecule has 0 aliphatic heterocycles. The van der Waals surface area contributed by atoms with Crippen molar-refractivity contribution in [3.63, 3.8) is 0 Å². The average Bonchev–Trinajstić information content (AvgIpc) is 2.20. The number of allylic oxidation sites excluding steroid dienone is 1. The molecule has 0 fully saturated rings. The number of aliphatic hydroxyl groups excluding tert-OH is 1. The number of hydrogen-bond donors (Lipinski definition) is 2. The smallest absolute Gasteiger partial charge is 0.165 e. The van der Waals surface area contributed by atoms with E-state index in [2.05, 4.69) is 0 Å². The minimum absolute atomic E-state index is 0.0707. The normalized spacial score (nSPS) is 11.9. The van der Waals surface area contributed by atoms with Gasteiger partial charge in [-0.15, -0.1) is 0 Å². The molecule has 0 atom stereocenters. The molecule has 0 unspecified atom stereocenters. The van der Waals surface area contributed by atoms with Gasteiger partial charge in [-0.1, -0.05) is 29.5 Å². The summed E-state index contributed by atoms with van der Waals surface area (Å²) in [5.74, 6) is -0.406. The molecule has 0 bridgehead atoms. The molecule has 3 nitrogen and oxygen atoms in total.